The van der Waals surface area contributed by atoms with Gasteiger partial charge >= 0.3 is 0 Å². The van der Waals surface area contributed by atoms with E-state index in [1.807, 2.05) is 18.3 Å². The zero-order valence-electron chi connectivity index (χ0n) is 19.1. The summed E-state index contributed by atoms with van der Waals surface area (Å²) in [4.78, 5) is 11.5. The quantitative estimate of drug-likeness (QED) is 0.480. The Morgan fingerprint density at radius 2 is 1.87 bits per heavy atom. The Morgan fingerprint density at radius 1 is 1.10 bits per heavy atom. The van der Waals surface area contributed by atoms with Crippen molar-refractivity contribution in [3.05, 3.63) is 52.8 Å². The third-order valence-electron chi connectivity index (χ3n) is 5.33. The molecule has 0 fully saturated rings. The summed E-state index contributed by atoms with van der Waals surface area (Å²) in [7, 11) is 2.15. The van der Waals surface area contributed by atoms with Crippen molar-refractivity contribution < 1.29 is 4.74 Å². The summed E-state index contributed by atoms with van der Waals surface area (Å²) in [5.41, 5.74) is 5.69. The van der Waals surface area contributed by atoms with Gasteiger partial charge in [0, 0.05) is 40.9 Å². The summed E-state index contributed by atoms with van der Waals surface area (Å²) in [6.45, 7) is 15.0. The minimum Gasteiger partial charge on any atom is -0.430 e. The number of benzene rings is 1. The van der Waals surface area contributed by atoms with Gasteiger partial charge in [-0.3, -0.25) is 4.98 Å². The third kappa shape index (κ3) is 5.43. The topological polar surface area (TPSA) is 51.1 Å². The van der Waals surface area contributed by atoms with Gasteiger partial charge in [-0.1, -0.05) is 33.8 Å². The number of pyridine rings is 1. The van der Waals surface area contributed by atoms with E-state index in [0.29, 0.717) is 11.0 Å². The van der Waals surface area contributed by atoms with E-state index in [9.17, 15) is 0 Å². The number of rotatable bonds is 7. The molecule has 0 N–H and O–H groups in total. The Kier molecular flexibility index (Phi) is 6.88. The SMILES string of the molecule is CCN(C)CCc1cc(C)c(Oc2nc(-c3ccc(C(C)(C)C)nc3)ns2)cc1C. The minimum atomic E-state index is 0.0236. The largest absolute Gasteiger partial charge is 0.430 e. The van der Waals surface area contributed by atoms with E-state index >= 15 is 0 Å². The zero-order chi connectivity index (χ0) is 21.9. The molecule has 2 aromatic heterocycles. The van der Waals surface area contributed by atoms with Crippen LogP contribution in [0.3, 0.4) is 0 Å². The molecule has 3 rings (SSSR count). The van der Waals surface area contributed by atoms with Crippen LogP contribution < -0.4 is 4.74 Å². The van der Waals surface area contributed by atoms with Crippen molar-refractivity contribution in [2.24, 2.45) is 0 Å². The summed E-state index contributed by atoms with van der Waals surface area (Å²) in [5, 5.41) is 0.547. The van der Waals surface area contributed by atoms with Crippen molar-refractivity contribution in [2.45, 2.75) is 53.4 Å². The standard InChI is InChI=1S/C24H32N4OS/c1-8-28(7)12-11-18-13-17(3)20(14-16(18)2)29-23-26-22(27-30-23)19-9-10-21(25-15-19)24(4,5)6/h9-10,13-15H,8,11-12H2,1-7H3. The van der Waals surface area contributed by atoms with Gasteiger partial charge in [0.1, 0.15) is 5.75 Å². The molecule has 0 radical (unpaired) electrons. The van der Waals surface area contributed by atoms with Crippen molar-refractivity contribution in [2.75, 3.05) is 20.1 Å². The molecule has 0 spiro atoms. The first kappa shape index (κ1) is 22.4. The molecule has 160 valence electrons. The Labute approximate surface area is 184 Å². The van der Waals surface area contributed by atoms with Gasteiger partial charge in [0.05, 0.1) is 0 Å². The highest BCUT2D eigenvalue weighted by Gasteiger charge is 2.16. The van der Waals surface area contributed by atoms with Crippen LogP contribution >= 0.6 is 11.5 Å². The molecular weight excluding hydrogens is 392 g/mol. The molecule has 30 heavy (non-hydrogen) atoms. The molecule has 0 unspecified atom stereocenters. The predicted molar refractivity (Wildman–Crippen MR) is 125 cm³/mol. The lowest BCUT2D eigenvalue weighted by molar-refractivity contribution is 0.357. The number of hydrogen-bond donors (Lipinski definition) is 0. The normalized spacial score (nSPS) is 11.9. The molecule has 0 amide bonds. The summed E-state index contributed by atoms with van der Waals surface area (Å²) in [6, 6.07) is 8.40. The monoisotopic (exact) mass is 424 g/mol. The highest BCUT2D eigenvalue weighted by atomic mass is 32.1. The summed E-state index contributed by atoms with van der Waals surface area (Å²) in [6.07, 6.45) is 2.88. The number of ether oxygens (including phenoxy) is 1. The second-order valence-corrected chi connectivity index (χ2v) is 9.57. The molecule has 2 heterocycles. The molecule has 0 saturated heterocycles. The second kappa shape index (κ2) is 9.23. The van der Waals surface area contributed by atoms with E-state index in [0.717, 1.165) is 42.1 Å². The van der Waals surface area contributed by atoms with Gasteiger partial charge in [-0.2, -0.15) is 9.36 Å². The van der Waals surface area contributed by atoms with Gasteiger partial charge in [0.25, 0.3) is 5.19 Å². The Balaban J connectivity index is 1.73. The Bertz CT molecular complexity index is 989. The van der Waals surface area contributed by atoms with Crippen molar-refractivity contribution in [1.82, 2.24) is 19.2 Å². The van der Waals surface area contributed by atoms with Crippen LogP contribution in [0.1, 0.15) is 50.1 Å². The van der Waals surface area contributed by atoms with E-state index in [1.54, 1.807) is 0 Å². The van der Waals surface area contributed by atoms with Crippen LogP contribution in [0, 0.1) is 13.8 Å². The van der Waals surface area contributed by atoms with Crippen molar-refractivity contribution in [3.63, 3.8) is 0 Å². The summed E-state index contributed by atoms with van der Waals surface area (Å²) < 4.78 is 10.5. The van der Waals surface area contributed by atoms with E-state index in [4.69, 9.17) is 4.74 Å². The van der Waals surface area contributed by atoms with Crippen molar-refractivity contribution in [3.8, 4) is 22.3 Å². The van der Waals surface area contributed by atoms with Gasteiger partial charge in [0.15, 0.2) is 5.82 Å². The highest BCUT2D eigenvalue weighted by molar-refractivity contribution is 7.07. The molecule has 1 aromatic carbocycles. The van der Waals surface area contributed by atoms with Crippen LogP contribution in [-0.2, 0) is 11.8 Å². The first-order chi connectivity index (χ1) is 14.2. The zero-order valence-corrected chi connectivity index (χ0v) is 19.9. The molecule has 0 aliphatic heterocycles. The van der Waals surface area contributed by atoms with E-state index in [-0.39, 0.29) is 5.41 Å². The average Bonchev–Trinajstić information content (AvgIpc) is 3.17. The van der Waals surface area contributed by atoms with Gasteiger partial charge in [-0.25, -0.2) is 0 Å². The minimum absolute atomic E-state index is 0.0236. The van der Waals surface area contributed by atoms with Gasteiger partial charge in [0.2, 0.25) is 0 Å². The second-order valence-electron chi connectivity index (χ2n) is 8.86. The van der Waals surface area contributed by atoms with Crippen LogP contribution in [0.4, 0.5) is 0 Å². The van der Waals surface area contributed by atoms with E-state index < -0.39 is 0 Å². The van der Waals surface area contributed by atoms with E-state index in [2.05, 4.69) is 80.0 Å². The fourth-order valence-corrected chi connectivity index (χ4v) is 3.70. The van der Waals surface area contributed by atoms with Crippen LogP contribution in [0.2, 0.25) is 0 Å². The molecule has 0 aliphatic carbocycles. The molecule has 5 nitrogen and oxygen atoms in total. The van der Waals surface area contributed by atoms with Crippen LogP contribution in [0.5, 0.6) is 10.9 Å². The fraction of sp³-hybridized carbons (Fsp3) is 0.458. The Morgan fingerprint density at radius 3 is 2.50 bits per heavy atom. The first-order valence-electron chi connectivity index (χ1n) is 10.4. The molecule has 0 saturated carbocycles. The van der Waals surface area contributed by atoms with Crippen molar-refractivity contribution in [1.29, 1.82) is 0 Å². The van der Waals surface area contributed by atoms with Crippen molar-refractivity contribution >= 4 is 11.5 Å². The Hall–Kier alpha value is -2.31. The lowest BCUT2D eigenvalue weighted by Crippen LogP contribution is -2.20. The highest BCUT2D eigenvalue weighted by Crippen LogP contribution is 2.31. The summed E-state index contributed by atoms with van der Waals surface area (Å²) >= 11 is 1.27. The van der Waals surface area contributed by atoms with Crippen LogP contribution in [0.15, 0.2) is 30.5 Å². The number of nitrogens with zero attached hydrogens (tertiary/aromatic N) is 4. The molecular formula is C24H32N4OS. The predicted octanol–water partition coefficient (Wildman–Crippen LogP) is 5.80. The van der Waals surface area contributed by atoms with Gasteiger partial charge < -0.3 is 9.64 Å². The average molecular weight is 425 g/mol. The number of likely N-dealkylation sites (N-methyl/N-ethyl adjacent to an activating group) is 1. The maximum Gasteiger partial charge on any atom is 0.299 e. The molecule has 0 aliphatic rings. The lowest BCUT2D eigenvalue weighted by atomic mass is 9.91. The number of aromatic nitrogens is 3. The molecule has 6 heteroatoms. The van der Waals surface area contributed by atoms with Gasteiger partial charge in [-0.05, 0) is 68.8 Å². The fourth-order valence-electron chi connectivity index (χ4n) is 3.13. The lowest BCUT2D eigenvalue weighted by Gasteiger charge is -2.17. The molecule has 0 bridgehead atoms. The van der Waals surface area contributed by atoms with E-state index in [1.165, 1.54) is 22.7 Å². The summed E-state index contributed by atoms with van der Waals surface area (Å²) in [5.74, 6) is 1.49. The molecule has 0 atom stereocenters. The van der Waals surface area contributed by atoms with Gasteiger partial charge in [-0.15, -0.1) is 0 Å². The molecule has 3 aromatic rings. The number of hydrogen-bond acceptors (Lipinski definition) is 6. The van der Waals surface area contributed by atoms with Crippen LogP contribution in [0.25, 0.3) is 11.4 Å². The first-order valence-corrected chi connectivity index (χ1v) is 11.2. The maximum absolute atomic E-state index is 6.09. The van der Waals surface area contributed by atoms with Crippen LogP contribution in [-0.4, -0.2) is 39.4 Å². The number of aryl methyl sites for hydroxylation is 2. The smallest absolute Gasteiger partial charge is 0.299 e. The third-order valence-corrected chi connectivity index (χ3v) is 5.93. The maximum atomic E-state index is 6.09.